The summed E-state index contributed by atoms with van der Waals surface area (Å²) in [6.45, 7) is 7.27. The number of likely N-dealkylation sites (N-methyl/N-ethyl adjacent to an activating group) is 1. The number of ketones is 1. The van der Waals surface area contributed by atoms with Crippen LogP contribution in [0.4, 0.5) is 4.79 Å². The van der Waals surface area contributed by atoms with Crippen molar-refractivity contribution in [3.8, 4) is 0 Å². The molecule has 1 heterocycles. The Bertz CT molecular complexity index is 315. The van der Waals surface area contributed by atoms with Gasteiger partial charge in [-0.15, -0.1) is 0 Å². The van der Waals surface area contributed by atoms with Gasteiger partial charge in [0.25, 0.3) is 0 Å². The van der Waals surface area contributed by atoms with Gasteiger partial charge in [0.05, 0.1) is 6.54 Å². The number of nitrogens with zero attached hydrogens (tertiary/aromatic N) is 1. The van der Waals surface area contributed by atoms with Crippen LogP contribution in [0.25, 0.3) is 0 Å². The Morgan fingerprint density at radius 3 is 2.63 bits per heavy atom. The van der Waals surface area contributed by atoms with E-state index in [1.54, 1.807) is 7.05 Å². The Hall–Kier alpha value is -1.10. The molecule has 1 saturated heterocycles. The molecule has 1 rings (SSSR count). The zero-order valence-corrected chi connectivity index (χ0v) is 12.5. The Kier molecular flexibility index (Phi) is 5.79. The molecule has 1 atom stereocenters. The zero-order valence-electron chi connectivity index (χ0n) is 12.5. The summed E-state index contributed by atoms with van der Waals surface area (Å²) in [5.41, 5.74) is -0.529. The molecule has 0 aromatic carbocycles. The summed E-state index contributed by atoms with van der Waals surface area (Å²) in [4.78, 5) is 25.3. The summed E-state index contributed by atoms with van der Waals surface area (Å²) in [6, 6.07) is 0. The predicted molar refractivity (Wildman–Crippen MR) is 74.1 cm³/mol. The molecule has 1 fully saturated rings. The Morgan fingerprint density at radius 2 is 2.00 bits per heavy atom. The fourth-order valence-corrected chi connectivity index (χ4v) is 2.06. The lowest BCUT2D eigenvalue weighted by Crippen LogP contribution is -2.40. The second kappa shape index (κ2) is 6.89. The molecule has 1 amide bonds. The van der Waals surface area contributed by atoms with Crippen molar-refractivity contribution in [2.24, 2.45) is 5.92 Å². The highest BCUT2D eigenvalue weighted by Gasteiger charge is 2.25. The molecule has 0 aliphatic carbocycles. The number of ether oxygens (including phenoxy) is 1. The van der Waals surface area contributed by atoms with Crippen LogP contribution in [0, 0.1) is 5.92 Å². The van der Waals surface area contributed by atoms with Crippen molar-refractivity contribution in [1.29, 1.82) is 0 Å². The quantitative estimate of drug-likeness (QED) is 0.849. The van der Waals surface area contributed by atoms with Gasteiger partial charge in [0.2, 0.25) is 0 Å². The Balaban J connectivity index is 2.44. The summed E-state index contributed by atoms with van der Waals surface area (Å²) in [6.07, 6.45) is 2.65. The molecule has 0 spiro atoms. The van der Waals surface area contributed by atoms with Crippen LogP contribution in [0.1, 0.15) is 40.0 Å². The number of rotatable bonds is 3. The van der Waals surface area contributed by atoms with Gasteiger partial charge in [0, 0.05) is 19.5 Å². The average Bonchev–Trinajstić information content (AvgIpc) is 2.54. The summed E-state index contributed by atoms with van der Waals surface area (Å²) in [7, 11) is 1.61. The van der Waals surface area contributed by atoms with Gasteiger partial charge in [-0.3, -0.25) is 4.79 Å². The highest BCUT2D eigenvalue weighted by atomic mass is 16.6. The van der Waals surface area contributed by atoms with Crippen LogP contribution in [-0.4, -0.2) is 49.1 Å². The average molecular weight is 270 g/mol. The molecule has 1 aliphatic heterocycles. The van der Waals surface area contributed by atoms with E-state index in [1.807, 2.05) is 20.8 Å². The number of Topliss-reactive ketones (excluding diaryl/α,β-unsaturated/α-hetero) is 1. The lowest BCUT2D eigenvalue weighted by molar-refractivity contribution is -0.123. The van der Waals surface area contributed by atoms with E-state index in [4.69, 9.17) is 4.74 Å². The summed E-state index contributed by atoms with van der Waals surface area (Å²) in [5.74, 6) is 0.134. The number of carbonyl (C=O) groups is 2. The summed E-state index contributed by atoms with van der Waals surface area (Å²) < 4.78 is 5.23. The standard InChI is InChI=1S/C14H26N2O3/c1-14(2,3)19-13(18)16(4)10-12(17)11-7-5-6-8-15-9-11/h11,15H,5-10H2,1-4H3. The van der Waals surface area contributed by atoms with E-state index >= 15 is 0 Å². The van der Waals surface area contributed by atoms with E-state index in [-0.39, 0.29) is 18.2 Å². The molecular formula is C14H26N2O3. The minimum Gasteiger partial charge on any atom is -0.444 e. The second-order valence-electron chi connectivity index (χ2n) is 6.20. The summed E-state index contributed by atoms with van der Waals surface area (Å²) in [5, 5.41) is 3.26. The van der Waals surface area contributed by atoms with Gasteiger partial charge in [-0.1, -0.05) is 6.42 Å². The predicted octanol–water partition coefficient (Wildman–Crippen LogP) is 1.81. The van der Waals surface area contributed by atoms with Crippen LogP contribution >= 0.6 is 0 Å². The summed E-state index contributed by atoms with van der Waals surface area (Å²) >= 11 is 0. The topological polar surface area (TPSA) is 58.6 Å². The van der Waals surface area contributed by atoms with Crippen LogP contribution in [0.5, 0.6) is 0 Å². The molecule has 5 heteroatoms. The van der Waals surface area contributed by atoms with E-state index in [1.165, 1.54) is 4.90 Å². The normalized spacial score (nSPS) is 20.5. The van der Waals surface area contributed by atoms with Crippen molar-refractivity contribution >= 4 is 11.9 Å². The molecule has 5 nitrogen and oxygen atoms in total. The molecule has 0 saturated carbocycles. The molecular weight excluding hydrogens is 244 g/mol. The third-order valence-corrected chi connectivity index (χ3v) is 3.10. The van der Waals surface area contributed by atoms with Crippen molar-refractivity contribution in [3.63, 3.8) is 0 Å². The minimum absolute atomic E-state index is 0.0207. The molecule has 1 aliphatic rings. The number of nitrogens with one attached hydrogen (secondary N) is 1. The molecule has 0 aromatic heterocycles. The zero-order chi connectivity index (χ0) is 14.5. The van der Waals surface area contributed by atoms with Gasteiger partial charge in [-0.25, -0.2) is 4.79 Å². The largest absolute Gasteiger partial charge is 0.444 e. The minimum atomic E-state index is -0.529. The van der Waals surface area contributed by atoms with Crippen LogP contribution in [0.3, 0.4) is 0 Å². The van der Waals surface area contributed by atoms with Gasteiger partial charge in [-0.2, -0.15) is 0 Å². The first kappa shape index (κ1) is 16.0. The van der Waals surface area contributed by atoms with Gasteiger partial charge in [0.15, 0.2) is 5.78 Å². The fourth-order valence-electron chi connectivity index (χ4n) is 2.06. The number of amides is 1. The van der Waals surface area contributed by atoms with E-state index in [2.05, 4.69) is 5.32 Å². The fraction of sp³-hybridized carbons (Fsp3) is 0.857. The first-order valence-electron chi connectivity index (χ1n) is 6.97. The number of hydrogen-bond donors (Lipinski definition) is 1. The Morgan fingerprint density at radius 1 is 1.32 bits per heavy atom. The second-order valence-corrected chi connectivity index (χ2v) is 6.20. The molecule has 19 heavy (non-hydrogen) atoms. The smallest absolute Gasteiger partial charge is 0.410 e. The van der Waals surface area contributed by atoms with E-state index < -0.39 is 11.7 Å². The van der Waals surface area contributed by atoms with Crippen LogP contribution in [-0.2, 0) is 9.53 Å². The lowest BCUT2D eigenvalue weighted by Gasteiger charge is -2.25. The van der Waals surface area contributed by atoms with Crippen LogP contribution < -0.4 is 5.32 Å². The maximum atomic E-state index is 12.1. The number of carbonyl (C=O) groups excluding carboxylic acids is 2. The van der Waals surface area contributed by atoms with Gasteiger partial charge in [-0.05, 0) is 40.2 Å². The SMILES string of the molecule is CN(CC(=O)C1CCCCNC1)C(=O)OC(C)(C)C. The molecule has 0 radical (unpaired) electrons. The first-order chi connectivity index (χ1) is 8.79. The monoisotopic (exact) mass is 270 g/mol. The maximum Gasteiger partial charge on any atom is 0.410 e. The highest BCUT2D eigenvalue weighted by Crippen LogP contribution is 2.14. The van der Waals surface area contributed by atoms with Crippen molar-refractivity contribution in [1.82, 2.24) is 10.2 Å². The molecule has 1 unspecified atom stereocenters. The molecule has 1 N–H and O–H groups in total. The lowest BCUT2D eigenvalue weighted by atomic mass is 9.98. The highest BCUT2D eigenvalue weighted by molar-refractivity contribution is 5.86. The molecule has 0 aromatic rings. The van der Waals surface area contributed by atoms with E-state index in [0.717, 1.165) is 32.4 Å². The number of hydrogen-bond acceptors (Lipinski definition) is 4. The van der Waals surface area contributed by atoms with Crippen molar-refractivity contribution in [2.45, 2.75) is 45.6 Å². The van der Waals surface area contributed by atoms with Crippen LogP contribution in [0.15, 0.2) is 0 Å². The van der Waals surface area contributed by atoms with Gasteiger partial charge >= 0.3 is 6.09 Å². The van der Waals surface area contributed by atoms with E-state index in [0.29, 0.717) is 0 Å². The van der Waals surface area contributed by atoms with Gasteiger partial charge in [0.1, 0.15) is 5.60 Å². The molecule has 0 bridgehead atoms. The maximum absolute atomic E-state index is 12.1. The molecule has 110 valence electrons. The van der Waals surface area contributed by atoms with Crippen LogP contribution in [0.2, 0.25) is 0 Å². The van der Waals surface area contributed by atoms with E-state index in [9.17, 15) is 9.59 Å². The Labute approximate surface area is 115 Å². The third kappa shape index (κ3) is 6.05. The first-order valence-corrected chi connectivity index (χ1v) is 6.97. The van der Waals surface area contributed by atoms with Crippen molar-refractivity contribution in [3.05, 3.63) is 0 Å². The van der Waals surface area contributed by atoms with Crippen molar-refractivity contribution in [2.75, 3.05) is 26.7 Å². The van der Waals surface area contributed by atoms with Gasteiger partial charge < -0.3 is 15.0 Å². The van der Waals surface area contributed by atoms with Crippen molar-refractivity contribution < 1.29 is 14.3 Å². The third-order valence-electron chi connectivity index (χ3n) is 3.10.